The van der Waals surface area contributed by atoms with E-state index in [1.165, 1.54) is 11.3 Å². The molecular weight excluding hydrogens is 304 g/mol. The Balaban J connectivity index is 2.31. The third-order valence-electron chi connectivity index (χ3n) is 3.77. The maximum Gasteiger partial charge on any atom is 0.252 e. The zero-order valence-electron chi connectivity index (χ0n) is 13.3. The zero-order chi connectivity index (χ0) is 15.7. The number of sulfonamides is 1. The van der Waals surface area contributed by atoms with Crippen molar-refractivity contribution in [1.82, 2.24) is 9.62 Å². The quantitative estimate of drug-likeness (QED) is 0.903. The first-order valence-electron chi connectivity index (χ1n) is 7.59. The van der Waals surface area contributed by atoms with Crippen LogP contribution in [0.15, 0.2) is 16.3 Å². The highest BCUT2D eigenvalue weighted by Gasteiger charge is 2.34. The summed E-state index contributed by atoms with van der Waals surface area (Å²) in [6, 6.07) is 3.82. The van der Waals surface area contributed by atoms with Gasteiger partial charge in [0, 0.05) is 24.0 Å². The topological polar surface area (TPSA) is 49.4 Å². The van der Waals surface area contributed by atoms with E-state index >= 15 is 0 Å². The second-order valence-corrected chi connectivity index (χ2v) is 9.83. The number of rotatable bonds is 5. The summed E-state index contributed by atoms with van der Waals surface area (Å²) < 4.78 is 28.1. The molecule has 21 heavy (non-hydrogen) atoms. The molecule has 1 unspecified atom stereocenters. The number of nitrogens with one attached hydrogen (secondary N) is 1. The predicted octanol–water partition coefficient (Wildman–Crippen LogP) is 2.81. The Morgan fingerprint density at radius 3 is 2.57 bits per heavy atom. The summed E-state index contributed by atoms with van der Waals surface area (Å²) in [6.45, 7) is 10.6. The van der Waals surface area contributed by atoms with Crippen LogP contribution >= 0.6 is 11.3 Å². The van der Waals surface area contributed by atoms with Gasteiger partial charge in [-0.25, -0.2) is 8.42 Å². The van der Waals surface area contributed by atoms with Crippen LogP contribution in [0.25, 0.3) is 0 Å². The van der Waals surface area contributed by atoms with Crippen molar-refractivity contribution in [3.05, 3.63) is 17.0 Å². The molecule has 2 heterocycles. The molecule has 1 aromatic rings. The second-order valence-electron chi connectivity index (χ2n) is 6.63. The van der Waals surface area contributed by atoms with E-state index in [1.807, 2.05) is 13.0 Å². The Labute approximate surface area is 132 Å². The zero-order valence-corrected chi connectivity index (χ0v) is 15.0. The standard InChI is InChI=1S/C15H26N2O2S2/c1-5-10-17(12-8-9-16-11-12)21(18,19)14-7-6-13(20-14)15(2,3)4/h6-7,12,16H,5,8-11H2,1-4H3. The highest BCUT2D eigenvalue weighted by atomic mass is 32.2. The molecule has 1 aliphatic rings. The van der Waals surface area contributed by atoms with Gasteiger partial charge in [-0.1, -0.05) is 27.7 Å². The van der Waals surface area contributed by atoms with E-state index in [4.69, 9.17) is 0 Å². The molecule has 6 heteroatoms. The average molecular weight is 331 g/mol. The van der Waals surface area contributed by atoms with Crippen LogP contribution in [0.5, 0.6) is 0 Å². The molecule has 1 aromatic heterocycles. The molecule has 2 rings (SSSR count). The molecular formula is C15H26N2O2S2. The Morgan fingerprint density at radius 2 is 2.10 bits per heavy atom. The first kappa shape index (κ1) is 16.9. The Bertz CT molecular complexity index is 567. The summed E-state index contributed by atoms with van der Waals surface area (Å²) in [5.41, 5.74) is -0.0110. The van der Waals surface area contributed by atoms with Crippen LogP contribution in [0, 0.1) is 0 Å². The first-order chi connectivity index (χ1) is 9.76. The summed E-state index contributed by atoms with van der Waals surface area (Å²) in [5, 5.41) is 3.26. The normalized spacial score (nSPS) is 20.3. The van der Waals surface area contributed by atoms with Gasteiger partial charge in [0.05, 0.1) is 0 Å². The van der Waals surface area contributed by atoms with Crippen molar-refractivity contribution in [3.8, 4) is 0 Å². The molecule has 0 aromatic carbocycles. The van der Waals surface area contributed by atoms with Gasteiger partial charge in [-0.15, -0.1) is 11.3 Å². The maximum absolute atomic E-state index is 13.0. The minimum absolute atomic E-state index is 0.0110. The maximum atomic E-state index is 13.0. The smallest absolute Gasteiger partial charge is 0.252 e. The van der Waals surface area contributed by atoms with Crippen LogP contribution in [0.2, 0.25) is 0 Å². The third kappa shape index (κ3) is 3.67. The van der Waals surface area contributed by atoms with Crippen molar-refractivity contribution in [1.29, 1.82) is 0 Å². The summed E-state index contributed by atoms with van der Waals surface area (Å²) in [7, 11) is -3.37. The molecule has 0 radical (unpaired) electrons. The van der Waals surface area contributed by atoms with Crippen LogP contribution in [0.3, 0.4) is 0 Å². The largest absolute Gasteiger partial charge is 0.315 e. The number of hydrogen-bond donors (Lipinski definition) is 1. The third-order valence-corrected chi connectivity index (χ3v) is 7.70. The fourth-order valence-corrected chi connectivity index (χ4v) is 5.82. The van der Waals surface area contributed by atoms with E-state index in [0.29, 0.717) is 10.8 Å². The lowest BCUT2D eigenvalue weighted by Gasteiger charge is -2.26. The van der Waals surface area contributed by atoms with E-state index in [0.717, 1.165) is 30.8 Å². The van der Waals surface area contributed by atoms with Crippen LogP contribution in [0.1, 0.15) is 45.4 Å². The van der Waals surface area contributed by atoms with E-state index in [2.05, 4.69) is 26.1 Å². The number of hydrogen-bond acceptors (Lipinski definition) is 4. The van der Waals surface area contributed by atoms with Crippen molar-refractivity contribution in [3.63, 3.8) is 0 Å². The predicted molar refractivity (Wildman–Crippen MR) is 88.5 cm³/mol. The molecule has 4 nitrogen and oxygen atoms in total. The van der Waals surface area contributed by atoms with Gasteiger partial charge in [-0.2, -0.15) is 4.31 Å². The summed E-state index contributed by atoms with van der Waals surface area (Å²) >= 11 is 1.41. The second kappa shape index (κ2) is 6.36. The van der Waals surface area contributed by atoms with Gasteiger partial charge in [0.1, 0.15) is 4.21 Å². The molecule has 0 spiro atoms. The van der Waals surface area contributed by atoms with Gasteiger partial charge in [0.2, 0.25) is 0 Å². The van der Waals surface area contributed by atoms with E-state index < -0.39 is 10.0 Å². The minimum Gasteiger partial charge on any atom is -0.315 e. The SMILES string of the molecule is CCCN(C1CCNC1)S(=O)(=O)c1ccc(C(C)(C)C)s1. The van der Waals surface area contributed by atoms with Crippen molar-refractivity contribution in [2.45, 2.75) is 56.2 Å². The highest BCUT2D eigenvalue weighted by Crippen LogP contribution is 2.34. The molecule has 0 amide bonds. The molecule has 1 saturated heterocycles. The highest BCUT2D eigenvalue weighted by molar-refractivity contribution is 7.91. The first-order valence-corrected chi connectivity index (χ1v) is 9.85. The summed E-state index contributed by atoms with van der Waals surface area (Å²) in [5.74, 6) is 0. The van der Waals surface area contributed by atoms with Crippen LogP contribution in [-0.4, -0.2) is 38.4 Å². The molecule has 1 fully saturated rings. The van der Waals surface area contributed by atoms with Crippen molar-refractivity contribution in [2.24, 2.45) is 0 Å². The lowest BCUT2D eigenvalue weighted by atomic mass is 9.95. The van der Waals surface area contributed by atoms with E-state index in [1.54, 1.807) is 10.4 Å². The fraction of sp³-hybridized carbons (Fsp3) is 0.733. The lowest BCUT2D eigenvalue weighted by Crippen LogP contribution is -2.41. The van der Waals surface area contributed by atoms with E-state index in [-0.39, 0.29) is 11.5 Å². The monoisotopic (exact) mass is 330 g/mol. The Kier molecular flexibility index (Phi) is 5.13. The Hall–Kier alpha value is -0.430. The summed E-state index contributed by atoms with van der Waals surface area (Å²) in [6.07, 6.45) is 1.74. The van der Waals surface area contributed by atoms with Gasteiger partial charge in [-0.05, 0) is 36.9 Å². The molecule has 0 saturated carbocycles. The van der Waals surface area contributed by atoms with Crippen LogP contribution < -0.4 is 5.32 Å². The van der Waals surface area contributed by atoms with Crippen molar-refractivity contribution < 1.29 is 8.42 Å². The molecule has 120 valence electrons. The molecule has 0 aliphatic carbocycles. The lowest BCUT2D eigenvalue weighted by molar-refractivity contribution is 0.336. The fourth-order valence-electron chi connectivity index (χ4n) is 2.58. The van der Waals surface area contributed by atoms with Crippen molar-refractivity contribution >= 4 is 21.4 Å². The van der Waals surface area contributed by atoms with Gasteiger partial charge < -0.3 is 5.32 Å². The van der Waals surface area contributed by atoms with Crippen molar-refractivity contribution in [2.75, 3.05) is 19.6 Å². The van der Waals surface area contributed by atoms with Gasteiger partial charge >= 0.3 is 0 Å². The molecule has 0 bridgehead atoms. The number of nitrogens with zero attached hydrogens (tertiary/aromatic N) is 1. The van der Waals surface area contributed by atoms with Gasteiger partial charge in [0.15, 0.2) is 0 Å². The molecule has 1 N–H and O–H groups in total. The summed E-state index contributed by atoms with van der Waals surface area (Å²) in [4.78, 5) is 1.11. The molecule has 1 atom stereocenters. The van der Waals surface area contributed by atoms with Crippen LogP contribution in [0.4, 0.5) is 0 Å². The average Bonchev–Trinajstić information content (AvgIpc) is 3.05. The van der Waals surface area contributed by atoms with E-state index in [9.17, 15) is 8.42 Å². The molecule has 1 aliphatic heterocycles. The minimum atomic E-state index is -3.37. The van der Waals surface area contributed by atoms with Gasteiger partial charge in [-0.3, -0.25) is 0 Å². The van der Waals surface area contributed by atoms with Crippen LogP contribution in [-0.2, 0) is 15.4 Å². The van der Waals surface area contributed by atoms with Gasteiger partial charge in [0.25, 0.3) is 10.0 Å². The number of thiophene rings is 1. The Morgan fingerprint density at radius 1 is 1.38 bits per heavy atom.